The summed E-state index contributed by atoms with van der Waals surface area (Å²) in [6.07, 6.45) is 4.54. The van der Waals surface area contributed by atoms with Gasteiger partial charge in [0.25, 0.3) is 0 Å². The maximum atomic E-state index is 9.25. The predicted octanol–water partition coefficient (Wildman–Crippen LogP) is 1.57. The van der Waals surface area contributed by atoms with Crippen LogP contribution < -0.4 is 10.6 Å². The molecule has 8 heteroatoms. The number of nitrogens with zero attached hydrogens (tertiary/aromatic N) is 2. The van der Waals surface area contributed by atoms with Gasteiger partial charge in [0.2, 0.25) is 0 Å². The number of halogens is 1. The lowest BCUT2D eigenvalue weighted by molar-refractivity contribution is 0.127. The number of aromatic nitrogens is 1. The Balaban J connectivity index is 0.00000264. The molecule has 1 aromatic rings. The lowest BCUT2D eigenvalue weighted by Crippen LogP contribution is -2.45. The number of nitrogens with one attached hydrogen (secondary N) is 2. The maximum Gasteiger partial charge on any atom is 0.191 e. The summed E-state index contributed by atoms with van der Waals surface area (Å²) in [5.74, 6) is 0.789. The predicted molar refractivity (Wildman–Crippen MR) is 105 cm³/mol. The van der Waals surface area contributed by atoms with Crippen molar-refractivity contribution < 1.29 is 9.84 Å². The summed E-state index contributed by atoms with van der Waals surface area (Å²) >= 11 is 1.73. The number of aliphatic hydroxyl groups excluding tert-OH is 1. The minimum absolute atomic E-state index is 0. The molecule has 132 valence electrons. The summed E-state index contributed by atoms with van der Waals surface area (Å²) in [5, 5.41) is 17.1. The average Bonchev–Trinajstić information content (AvgIpc) is 3.13. The van der Waals surface area contributed by atoms with Crippen molar-refractivity contribution >= 4 is 41.3 Å². The number of thiazole rings is 1. The second-order valence-electron chi connectivity index (χ2n) is 5.74. The molecular formula is C15H27IN4O2S. The molecule has 1 aliphatic heterocycles. The van der Waals surface area contributed by atoms with Crippen LogP contribution in [0.1, 0.15) is 22.7 Å². The van der Waals surface area contributed by atoms with E-state index < -0.39 is 0 Å². The number of aliphatic imine (C=N–C) groups is 1. The van der Waals surface area contributed by atoms with Gasteiger partial charge in [-0.1, -0.05) is 0 Å². The van der Waals surface area contributed by atoms with Crippen LogP contribution in [0.15, 0.2) is 11.2 Å². The number of ether oxygens (including phenoxy) is 1. The molecule has 0 aliphatic carbocycles. The highest BCUT2D eigenvalue weighted by Gasteiger charge is 2.34. The van der Waals surface area contributed by atoms with Crippen LogP contribution in [-0.2, 0) is 11.2 Å². The van der Waals surface area contributed by atoms with Gasteiger partial charge in [0.05, 0.1) is 11.6 Å². The summed E-state index contributed by atoms with van der Waals surface area (Å²) in [4.78, 5) is 9.85. The molecule has 1 atom stereocenters. The van der Waals surface area contributed by atoms with E-state index >= 15 is 0 Å². The van der Waals surface area contributed by atoms with Crippen LogP contribution in [0.5, 0.6) is 0 Å². The molecule has 6 nitrogen and oxygen atoms in total. The molecule has 0 bridgehead atoms. The van der Waals surface area contributed by atoms with Gasteiger partial charge in [-0.15, -0.1) is 35.3 Å². The smallest absolute Gasteiger partial charge is 0.191 e. The lowest BCUT2D eigenvalue weighted by Gasteiger charge is -2.27. The van der Waals surface area contributed by atoms with Gasteiger partial charge in [-0.3, -0.25) is 4.99 Å². The molecule has 2 rings (SSSR count). The lowest BCUT2D eigenvalue weighted by atomic mass is 9.84. The summed E-state index contributed by atoms with van der Waals surface area (Å²) < 4.78 is 5.50. The van der Waals surface area contributed by atoms with E-state index in [0.29, 0.717) is 6.61 Å². The number of aryl methyl sites for hydroxylation is 1. The second-order valence-corrected chi connectivity index (χ2v) is 7.06. The van der Waals surface area contributed by atoms with Gasteiger partial charge in [0.15, 0.2) is 5.96 Å². The van der Waals surface area contributed by atoms with E-state index in [9.17, 15) is 5.11 Å². The number of hydrogen-bond acceptors (Lipinski definition) is 5. The molecule has 1 fully saturated rings. The Kier molecular flexibility index (Phi) is 9.33. The Labute approximate surface area is 159 Å². The molecule has 0 saturated carbocycles. The highest BCUT2D eigenvalue weighted by molar-refractivity contribution is 14.0. The third-order valence-electron chi connectivity index (χ3n) is 3.98. The van der Waals surface area contributed by atoms with Gasteiger partial charge in [-0.25, -0.2) is 4.98 Å². The van der Waals surface area contributed by atoms with Crippen LogP contribution in [0.4, 0.5) is 0 Å². The van der Waals surface area contributed by atoms with Crippen LogP contribution >= 0.6 is 35.3 Å². The van der Waals surface area contributed by atoms with Gasteiger partial charge in [-0.2, -0.15) is 0 Å². The zero-order valence-electron chi connectivity index (χ0n) is 13.8. The summed E-state index contributed by atoms with van der Waals surface area (Å²) in [5.41, 5.74) is 0.0266. The van der Waals surface area contributed by atoms with Gasteiger partial charge in [-0.05, 0) is 19.8 Å². The minimum Gasteiger partial charge on any atom is -0.396 e. The van der Waals surface area contributed by atoms with Crippen molar-refractivity contribution in [1.82, 2.24) is 15.6 Å². The van der Waals surface area contributed by atoms with E-state index in [0.717, 1.165) is 49.9 Å². The first kappa shape index (κ1) is 20.6. The monoisotopic (exact) mass is 454 g/mol. The number of rotatable bonds is 7. The summed E-state index contributed by atoms with van der Waals surface area (Å²) in [6.45, 7) is 5.31. The molecule has 3 N–H and O–H groups in total. The van der Waals surface area contributed by atoms with E-state index in [1.807, 2.05) is 6.20 Å². The van der Waals surface area contributed by atoms with Crippen molar-refractivity contribution in [2.75, 3.05) is 40.0 Å². The van der Waals surface area contributed by atoms with Crippen LogP contribution in [0.25, 0.3) is 0 Å². The Morgan fingerprint density at radius 2 is 2.35 bits per heavy atom. The third kappa shape index (κ3) is 6.52. The highest BCUT2D eigenvalue weighted by atomic mass is 127. The SMILES string of the molecule is CN=C(NCCc1ncc(C)s1)NCC1(CCO)CCOC1.I. The van der Waals surface area contributed by atoms with Crippen molar-refractivity contribution in [3.63, 3.8) is 0 Å². The second kappa shape index (κ2) is 10.4. The average molecular weight is 454 g/mol. The van der Waals surface area contributed by atoms with Crippen molar-refractivity contribution in [1.29, 1.82) is 0 Å². The first-order valence-electron chi connectivity index (χ1n) is 7.72. The quantitative estimate of drug-likeness (QED) is 0.331. The molecule has 1 aromatic heterocycles. The van der Waals surface area contributed by atoms with Gasteiger partial charge in [0.1, 0.15) is 0 Å². The first-order chi connectivity index (χ1) is 10.7. The van der Waals surface area contributed by atoms with Crippen molar-refractivity contribution in [2.24, 2.45) is 10.4 Å². The first-order valence-corrected chi connectivity index (χ1v) is 8.53. The largest absolute Gasteiger partial charge is 0.396 e. The number of hydrogen-bond donors (Lipinski definition) is 3. The van der Waals surface area contributed by atoms with Gasteiger partial charge >= 0.3 is 0 Å². The van der Waals surface area contributed by atoms with E-state index in [-0.39, 0.29) is 36.0 Å². The highest BCUT2D eigenvalue weighted by Crippen LogP contribution is 2.31. The standard InChI is InChI=1S/C15H26N4O2S.HI/c1-12-9-18-13(22-12)3-6-17-14(16-2)19-10-15(4-7-20)5-8-21-11-15;/h9,20H,3-8,10-11H2,1-2H3,(H2,16,17,19);1H. The maximum absolute atomic E-state index is 9.25. The fraction of sp³-hybridized carbons (Fsp3) is 0.733. The van der Waals surface area contributed by atoms with Crippen LogP contribution in [0.2, 0.25) is 0 Å². The van der Waals surface area contributed by atoms with Gasteiger partial charge < -0.3 is 20.5 Å². The number of guanidine groups is 1. The molecule has 0 radical (unpaired) electrons. The normalized spacial score (nSPS) is 21.1. The molecule has 23 heavy (non-hydrogen) atoms. The van der Waals surface area contributed by atoms with E-state index in [1.165, 1.54) is 4.88 Å². The molecule has 2 heterocycles. The molecule has 1 saturated heterocycles. The Bertz CT molecular complexity index is 490. The third-order valence-corrected chi connectivity index (χ3v) is 4.95. The van der Waals surface area contributed by atoms with Crippen LogP contribution in [0, 0.1) is 12.3 Å². The van der Waals surface area contributed by atoms with Crippen LogP contribution in [0.3, 0.4) is 0 Å². The van der Waals surface area contributed by atoms with Crippen LogP contribution in [-0.4, -0.2) is 56.0 Å². The Morgan fingerprint density at radius 3 is 2.91 bits per heavy atom. The minimum atomic E-state index is 0. The van der Waals surface area contributed by atoms with Crippen molar-refractivity contribution in [3.8, 4) is 0 Å². The molecule has 0 aromatic carbocycles. The topological polar surface area (TPSA) is 78.8 Å². The molecular weight excluding hydrogens is 427 g/mol. The zero-order valence-corrected chi connectivity index (χ0v) is 16.9. The molecule has 1 aliphatic rings. The van der Waals surface area contributed by atoms with Crippen molar-refractivity contribution in [3.05, 3.63) is 16.1 Å². The van der Waals surface area contributed by atoms with E-state index in [4.69, 9.17) is 4.74 Å². The number of aliphatic hydroxyl groups is 1. The fourth-order valence-electron chi connectivity index (χ4n) is 2.61. The summed E-state index contributed by atoms with van der Waals surface area (Å²) in [6, 6.07) is 0. The zero-order chi connectivity index (χ0) is 15.8. The Morgan fingerprint density at radius 1 is 1.52 bits per heavy atom. The fourth-order valence-corrected chi connectivity index (χ4v) is 3.39. The van der Waals surface area contributed by atoms with E-state index in [1.54, 1.807) is 18.4 Å². The van der Waals surface area contributed by atoms with Crippen molar-refractivity contribution in [2.45, 2.75) is 26.2 Å². The van der Waals surface area contributed by atoms with Gasteiger partial charge in [0, 0.05) is 56.3 Å². The van der Waals surface area contributed by atoms with E-state index in [2.05, 4.69) is 27.5 Å². The molecule has 1 unspecified atom stereocenters. The molecule has 0 spiro atoms. The summed E-state index contributed by atoms with van der Waals surface area (Å²) in [7, 11) is 1.77. The Hall–Kier alpha value is -0.450. The molecule has 0 amide bonds.